The van der Waals surface area contributed by atoms with Crippen molar-refractivity contribution < 1.29 is 4.79 Å². The minimum Gasteiger partial charge on any atom is -0.313 e. The van der Waals surface area contributed by atoms with Crippen LogP contribution in [0.1, 0.15) is 32.6 Å². The number of amidine groups is 1. The minimum absolute atomic E-state index is 0. The number of aliphatic imine (C=N–C) groups is 1. The minimum atomic E-state index is -0.343. The number of carbonyl (C=O) groups excluding carboxylic acids is 1. The average molecular weight is 189 g/mol. The molecular formula is C8H13ClN2O. The molecule has 0 radical (unpaired) electrons. The molecule has 0 unspecified atom stereocenters. The van der Waals surface area contributed by atoms with Gasteiger partial charge in [-0.15, -0.1) is 12.4 Å². The first-order valence-corrected chi connectivity index (χ1v) is 4.11. The van der Waals surface area contributed by atoms with Gasteiger partial charge in [0.25, 0.3) is 5.91 Å². The molecule has 68 valence electrons. The predicted octanol–water partition coefficient (Wildman–Crippen LogP) is 1.27. The lowest BCUT2D eigenvalue weighted by Gasteiger charge is -2.14. The van der Waals surface area contributed by atoms with E-state index in [1.165, 1.54) is 0 Å². The highest BCUT2D eigenvalue weighted by Crippen LogP contribution is 2.35. The second kappa shape index (κ2) is 3.05. The molecule has 0 atom stereocenters. The summed E-state index contributed by atoms with van der Waals surface area (Å²) in [4.78, 5) is 15.7. The summed E-state index contributed by atoms with van der Waals surface area (Å²) in [6.45, 7) is 1.85. The molecule has 0 bridgehead atoms. The summed E-state index contributed by atoms with van der Waals surface area (Å²) in [6, 6.07) is 0. The van der Waals surface area contributed by atoms with Crippen LogP contribution in [0.2, 0.25) is 0 Å². The van der Waals surface area contributed by atoms with Crippen molar-refractivity contribution in [1.82, 2.24) is 5.32 Å². The van der Waals surface area contributed by atoms with Crippen LogP contribution in [0.4, 0.5) is 0 Å². The van der Waals surface area contributed by atoms with Crippen molar-refractivity contribution in [2.24, 2.45) is 4.99 Å². The van der Waals surface area contributed by atoms with Gasteiger partial charge in [-0.2, -0.15) is 0 Å². The number of carbonyl (C=O) groups is 1. The Hall–Kier alpha value is -0.570. The Kier molecular flexibility index (Phi) is 2.42. The molecule has 1 aliphatic carbocycles. The van der Waals surface area contributed by atoms with E-state index in [1.807, 2.05) is 6.92 Å². The van der Waals surface area contributed by atoms with E-state index in [0.29, 0.717) is 0 Å². The van der Waals surface area contributed by atoms with E-state index >= 15 is 0 Å². The summed E-state index contributed by atoms with van der Waals surface area (Å²) in [5.74, 6) is 0.907. The van der Waals surface area contributed by atoms with Crippen molar-refractivity contribution in [1.29, 1.82) is 0 Å². The lowest BCUT2D eigenvalue weighted by atomic mass is 9.99. The second-order valence-corrected chi connectivity index (χ2v) is 3.39. The van der Waals surface area contributed by atoms with Crippen LogP contribution in [0.5, 0.6) is 0 Å². The van der Waals surface area contributed by atoms with Crippen molar-refractivity contribution in [2.75, 3.05) is 0 Å². The zero-order valence-electron chi connectivity index (χ0n) is 7.09. The Morgan fingerprint density at radius 1 is 1.42 bits per heavy atom. The van der Waals surface area contributed by atoms with Crippen LogP contribution >= 0.6 is 12.4 Å². The molecule has 1 heterocycles. The Labute approximate surface area is 78.0 Å². The summed E-state index contributed by atoms with van der Waals surface area (Å²) in [5, 5.41) is 2.76. The summed E-state index contributed by atoms with van der Waals surface area (Å²) < 4.78 is 0. The number of hydrogen-bond acceptors (Lipinski definition) is 2. The number of halogens is 1. The fraction of sp³-hybridized carbons (Fsp3) is 0.750. The van der Waals surface area contributed by atoms with Crippen molar-refractivity contribution in [3.8, 4) is 0 Å². The predicted molar refractivity (Wildman–Crippen MR) is 49.7 cm³/mol. The zero-order chi connectivity index (χ0) is 7.90. The van der Waals surface area contributed by atoms with Gasteiger partial charge in [0.2, 0.25) is 0 Å². The molecular weight excluding hydrogens is 176 g/mol. The van der Waals surface area contributed by atoms with Gasteiger partial charge in [-0.25, -0.2) is 0 Å². The van der Waals surface area contributed by atoms with Gasteiger partial charge in [0, 0.05) is 0 Å². The molecule has 3 nitrogen and oxygen atoms in total. The van der Waals surface area contributed by atoms with Crippen LogP contribution < -0.4 is 5.32 Å². The van der Waals surface area contributed by atoms with Crippen LogP contribution in [0.3, 0.4) is 0 Å². The van der Waals surface area contributed by atoms with E-state index in [2.05, 4.69) is 10.3 Å². The SMILES string of the molecule is CC1=NC2(CCCC2)C(=O)N1.Cl. The number of nitrogens with one attached hydrogen (secondary N) is 1. The lowest BCUT2D eigenvalue weighted by molar-refractivity contribution is -0.123. The molecule has 1 amide bonds. The normalized spacial score (nSPS) is 25.1. The Morgan fingerprint density at radius 3 is 2.42 bits per heavy atom. The molecule has 2 aliphatic rings. The molecule has 1 N–H and O–H groups in total. The van der Waals surface area contributed by atoms with Crippen LogP contribution in [-0.4, -0.2) is 17.3 Å². The van der Waals surface area contributed by atoms with Gasteiger partial charge in [-0.1, -0.05) is 12.8 Å². The smallest absolute Gasteiger partial charge is 0.253 e. The maximum absolute atomic E-state index is 11.4. The highest BCUT2D eigenvalue weighted by molar-refractivity contribution is 6.07. The topological polar surface area (TPSA) is 41.5 Å². The van der Waals surface area contributed by atoms with Crippen molar-refractivity contribution >= 4 is 24.1 Å². The Bertz CT molecular complexity index is 231. The third-order valence-electron chi connectivity index (χ3n) is 2.53. The highest BCUT2D eigenvalue weighted by Gasteiger charge is 2.44. The molecule has 2 rings (SSSR count). The van der Waals surface area contributed by atoms with Crippen LogP contribution in [-0.2, 0) is 4.79 Å². The van der Waals surface area contributed by atoms with Gasteiger partial charge in [0.05, 0.1) is 0 Å². The second-order valence-electron chi connectivity index (χ2n) is 3.39. The van der Waals surface area contributed by atoms with Gasteiger partial charge >= 0.3 is 0 Å². The quantitative estimate of drug-likeness (QED) is 0.611. The average Bonchev–Trinajstić information content (AvgIpc) is 2.45. The van der Waals surface area contributed by atoms with Gasteiger partial charge in [-0.3, -0.25) is 9.79 Å². The molecule has 1 fully saturated rings. The molecule has 0 aromatic carbocycles. The van der Waals surface area contributed by atoms with Gasteiger partial charge in [-0.05, 0) is 19.8 Å². The maximum atomic E-state index is 11.4. The molecule has 1 aliphatic heterocycles. The molecule has 1 saturated carbocycles. The Balaban J connectivity index is 0.000000720. The number of rotatable bonds is 0. The fourth-order valence-electron chi connectivity index (χ4n) is 1.98. The van der Waals surface area contributed by atoms with Crippen molar-refractivity contribution in [3.05, 3.63) is 0 Å². The van der Waals surface area contributed by atoms with Crippen LogP contribution in [0.15, 0.2) is 4.99 Å². The summed E-state index contributed by atoms with van der Waals surface area (Å²) in [5.41, 5.74) is -0.343. The third kappa shape index (κ3) is 1.22. The maximum Gasteiger partial charge on any atom is 0.253 e. The fourth-order valence-corrected chi connectivity index (χ4v) is 1.98. The lowest BCUT2D eigenvalue weighted by Crippen LogP contribution is -2.36. The number of hydrogen-bond donors (Lipinski definition) is 1. The molecule has 1 spiro atoms. The zero-order valence-corrected chi connectivity index (χ0v) is 7.91. The number of nitrogens with zero attached hydrogens (tertiary/aromatic N) is 1. The first kappa shape index (κ1) is 9.52. The van der Waals surface area contributed by atoms with E-state index < -0.39 is 0 Å². The monoisotopic (exact) mass is 188 g/mol. The van der Waals surface area contributed by atoms with Crippen LogP contribution in [0.25, 0.3) is 0 Å². The first-order chi connectivity index (χ1) is 5.23. The van der Waals surface area contributed by atoms with Gasteiger partial charge < -0.3 is 5.32 Å². The van der Waals surface area contributed by atoms with E-state index in [0.717, 1.165) is 31.5 Å². The Morgan fingerprint density at radius 2 is 2.00 bits per heavy atom. The van der Waals surface area contributed by atoms with E-state index in [-0.39, 0.29) is 23.9 Å². The van der Waals surface area contributed by atoms with Gasteiger partial charge in [0.15, 0.2) is 0 Å². The highest BCUT2D eigenvalue weighted by atomic mass is 35.5. The van der Waals surface area contributed by atoms with Crippen LogP contribution in [0, 0.1) is 0 Å². The summed E-state index contributed by atoms with van der Waals surface area (Å²) >= 11 is 0. The van der Waals surface area contributed by atoms with E-state index in [1.54, 1.807) is 0 Å². The molecule has 4 heteroatoms. The van der Waals surface area contributed by atoms with E-state index in [4.69, 9.17) is 0 Å². The number of amides is 1. The summed E-state index contributed by atoms with van der Waals surface area (Å²) in [7, 11) is 0. The summed E-state index contributed by atoms with van der Waals surface area (Å²) in [6.07, 6.45) is 4.17. The molecule has 0 aromatic heterocycles. The van der Waals surface area contributed by atoms with Crippen molar-refractivity contribution in [2.45, 2.75) is 38.1 Å². The molecule has 0 aromatic rings. The molecule has 0 saturated heterocycles. The largest absolute Gasteiger partial charge is 0.313 e. The van der Waals surface area contributed by atoms with Crippen molar-refractivity contribution in [3.63, 3.8) is 0 Å². The van der Waals surface area contributed by atoms with Gasteiger partial charge in [0.1, 0.15) is 11.4 Å². The standard InChI is InChI=1S/C8H12N2O.ClH/c1-6-9-7(11)8(10-6)4-2-3-5-8;/h2-5H2,1H3,(H,9,10,11);1H. The third-order valence-corrected chi connectivity index (χ3v) is 2.53. The van der Waals surface area contributed by atoms with E-state index in [9.17, 15) is 4.79 Å². The molecule has 12 heavy (non-hydrogen) atoms. The first-order valence-electron chi connectivity index (χ1n) is 4.11.